The predicted octanol–water partition coefficient (Wildman–Crippen LogP) is -11.7. The molecule has 0 spiro atoms. The van der Waals surface area contributed by atoms with Crippen LogP contribution in [0.3, 0.4) is 0 Å². The highest BCUT2D eigenvalue weighted by Crippen LogP contribution is 2.24. The summed E-state index contributed by atoms with van der Waals surface area (Å²) in [6.45, 7) is -0.769. The van der Waals surface area contributed by atoms with Crippen molar-refractivity contribution in [2.45, 2.75) is 43.1 Å². The van der Waals surface area contributed by atoms with Gasteiger partial charge in [-0.2, -0.15) is 0 Å². The summed E-state index contributed by atoms with van der Waals surface area (Å²) < 4.78 is 0. The number of guanidine groups is 4. The molecule has 0 saturated heterocycles. The lowest BCUT2D eigenvalue weighted by Crippen LogP contribution is -2.69. The van der Waals surface area contributed by atoms with Gasteiger partial charge < -0.3 is 109 Å². The third-order valence-corrected chi connectivity index (χ3v) is 10.2. The maximum Gasteiger partial charge on any atom is 0.270 e. The molecular formula is C40H55N23O10. The van der Waals surface area contributed by atoms with Crippen LogP contribution in [0.4, 0.5) is 0 Å². The van der Waals surface area contributed by atoms with Crippen molar-refractivity contribution >= 4 is 93.6 Å². The second kappa shape index (κ2) is 25.1. The van der Waals surface area contributed by atoms with Gasteiger partial charge >= 0.3 is 0 Å². The minimum absolute atomic E-state index is 0.0350. The van der Waals surface area contributed by atoms with Gasteiger partial charge in [-0.05, 0) is 33.7 Å². The first-order valence-electron chi connectivity index (χ1n) is 21.1. The van der Waals surface area contributed by atoms with Crippen LogP contribution in [-0.4, -0.2) is 125 Å². The van der Waals surface area contributed by atoms with E-state index in [1.165, 1.54) is 24.3 Å². The molecule has 3 aromatic rings. The zero-order valence-electron chi connectivity index (χ0n) is 38.0. The Kier molecular flexibility index (Phi) is 19.2. The second-order valence-electron chi connectivity index (χ2n) is 15.5. The van der Waals surface area contributed by atoms with Gasteiger partial charge in [-0.1, -0.05) is 60.7 Å². The number of primary amides is 1. The number of fused-ring (bicyclic) bond motifs is 2. The van der Waals surface area contributed by atoms with E-state index in [4.69, 9.17) is 61.9 Å². The first-order chi connectivity index (χ1) is 34.4. The molecule has 0 aromatic heterocycles. The van der Waals surface area contributed by atoms with E-state index < -0.39 is 133 Å². The SMILES string of the molecule is N=C(N)NC(NC(=O)C(NC(=N)N)NC(=O)C(NC(=N)N)NC(=O)C(NC(=N)N)NC(=O)C(NC(=O)C(O)NC(=O)C(CO)C1C=c2cc3ccccc3cc2=C1NN)c1ccccc1)C(=O)NC(N)C(N)=O. The number of hydrazine groups is 1. The zero-order chi connectivity index (χ0) is 54.3. The molecule has 0 bridgehead atoms. The number of carbonyl (C=O) groups excluding carboxylic acids is 8. The normalized spacial score (nSPS) is 15.6. The predicted molar refractivity (Wildman–Crippen MR) is 257 cm³/mol. The summed E-state index contributed by atoms with van der Waals surface area (Å²) in [7, 11) is 0. The van der Waals surface area contributed by atoms with Crippen molar-refractivity contribution in [2.75, 3.05) is 6.61 Å². The van der Waals surface area contributed by atoms with Crippen LogP contribution in [0.25, 0.3) is 22.5 Å². The van der Waals surface area contributed by atoms with Crippen LogP contribution >= 0.6 is 0 Å². The number of aliphatic hydroxyl groups is 2. The van der Waals surface area contributed by atoms with E-state index in [1.807, 2.05) is 68.3 Å². The van der Waals surface area contributed by atoms with Crippen molar-refractivity contribution in [1.29, 1.82) is 21.6 Å². The summed E-state index contributed by atoms with van der Waals surface area (Å²) in [5.41, 5.74) is 35.1. The number of carbonyl (C=O) groups is 8. The largest absolute Gasteiger partial charge is 0.396 e. The second-order valence-corrected chi connectivity index (χ2v) is 15.5. The highest BCUT2D eigenvalue weighted by atomic mass is 16.3. The lowest BCUT2D eigenvalue weighted by Gasteiger charge is -2.28. The monoisotopic (exact) mass is 1020 g/mol. The smallest absolute Gasteiger partial charge is 0.270 e. The minimum Gasteiger partial charge on any atom is -0.396 e. The van der Waals surface area contributed by atoms with Gasteiger partial charge in [-0.3, -0.25) is 65.8 Å². The molecule has 9 atom stereocenters. The van der Waals surface area contributed by atoms with E-state index in [-0.39, 0.29) is 5.56 Å². The van der Waals surface area contributed by atoms with Gasteiger partial charge in [0.1, 0.15) is 6.04 Å². The van der Waals surface area contributed by atoms with E-state index in [0.717, 1.165) is 10.8 Å². The lowest BCUT2D eigenvalue weighted by molar-refractivity contribution is -0.141. The fourth-order valence-corrected chi connectivity index (χ4v) is 6.91. The summed E-state index contributed by atoms with van der Waals surface area (Å²) in [6, 6.07) is 16.6. The van der Waals surface area contributed by atoms with Crippen LogP contribution in [-0.2, 0) is 38.4 Å². The molecule has 9 unspecified atom stereocenters. The van der Waals surface area contributed by atoms with Gasteiger partial charge in [0.2, 0.25) is 18.0 Å². The number of amides is 8. The third kappa shape index (κ3) is 15.3. The molecule has 3 aromatic carbocycles. The Morgan fingerprint density at radius 3 is 1.38 bits per heavy atom. The molecule has 0 saturated carbocycles. The summed E-state index contributed by atoms with van der Waals surface area (Å²) in [5.74, 6) is -10.4. The summed E-state index contributed by atoms with van der Waals surface area (Å²) in [6.07, 6.45) is -10.9. The molecule has 73 heavy (non-hydrogen) atoms. The Bertz CT molecular complexity index is 2800. The molecule has 0 fully saturated rings. The molecule has 33 heteroatoms. The van der Waals surface area contributed by atoms with E-state index in [9.17, 15) is 48.6 Å². The number of nitrogens with two attached hydrogens (primary N) is 7. The summed E-state index contributed by atoms with van der Waals surface area (Å²) in [4.78, 5) is 106. The zero-order valence-corrected chi connectivity index (χ0v) is 38.0. The minimum atomic E-state index is -2.36. The van der Waals surface area contributed by atoms with Crippen LogP contribution in [0.2, 0.25) is 0 Å². The van der Waals surface area contributed by atoms with Crippen LogP contribution in [0, 0.1) is 33.5 Å². The van der Waals surface area contributed by atoms with E-state index >= 15 is 0 Å². The van der Waals surface area contributed by atoms with Crippen LogP contribution in [0.1, 0.15) is 11.6 Å². The van der Waals surface area contributed by atoms with Crippen molar-refractivity contribution in [3.63, 3.8) is 0 Å². The molecule has 0 aliphatic heterocycles. The maximum absolute atomic E-state index is 14.0. The molecular weight excluding hydrogens is 963 g/mol. The number of hydrogen-bond donors (Lipinski definition) is 25. The Balaban J connectivity index is 1.53. The van der Waals surface area contributed by atoms with Crippen molar-refractivity contribution in [1.82, 2.24) is 63.9 Å². The quantitative estimate of drug-likeness (QED) is 0.0138. The molecule has 8 amide bonds. The molecule has 33 nitrogen and oxygen atoms in total. The van der Waals surface area contributed by atoms with Gasteiger partial charge in [0.25, 0.3) is 35.4 Å². The first-order valence-corrected chi connectivity index (χ1v) is 21.1. The van der Waals surface area contributed by atoms with E-state index in [2.05, 4.69) is 32.0 Å². The van der Waals surface area contributed by atoms with Gasteiger partial charge in [-0.25, -0.2) is 0 Å². The van der Waals surface area contributed by atoms with Crippen molar-refractivity contribution in [2.24, 2.45) is 52.1 Å². The highest BCUT2D eigenvalue weighted by Gasteiger charge is 2.37. The van der Waals surface area contributed by atoms with Crippen LogP contribution < -0.4 is 115 Å². The van der Waals surface area contributed by atoms with E-state index in [1.54, 1.807) is 12.1 Å². The first kappa shape index (κ1) is 55.7. The van der Waals surface area contributed by atoms with E-state index in [0.29, 0.717) is 16.1 Å². The molecule has 0 heterocycles. The number of benzene rings is 3. The number of nitrogens with one attached hydrogen (secondary N) is 16. The highest BCUT2D eigenvalue weighted by molar-refractivity contribution is 6.00. The maximum atomic E-state index is 14.0. The van der Waals surface area contributed by atoms with Crippen LogP contribution in [0.5, 0.6) is 0 Å². The van der Waals surface area contributed by atoms with Crippen LogP contribution in [0.15, 0.2) is 66.7 Å². The average molecular weight is 1020 g/mol. The lowest BCUT2D eigenvalue weighted by atomic mass is 9.90. The fourth-order valence-electron chi connectivity index (χ4n) is 6.91. The Hall–Kier alpha value is -9.86. The van der Waals surface area contributed by atoms with Gasteiger partial charge in [0.15, 0.2) is 54.7 Å². The summed E-state index contributed by atoms with van der Waals surface area (Å²) in [5, 5.41) is 77.9. The average Bonchev–Trinajstić information content (AvgIpc) is 3.67. The Morgan fingerprint density at radius 1 is 0.534 bits per heavy atom. The molecule has 1 aliphatic rings. The molecule has 4 rings (SSSR count). The Labute approximate surface area is 411 Å². The fraction of sp³-hybridized carbons (Fsp3) is 0.250. The van der Waals surface area contributed by atoms with Gasteiger partial charge in [0, 0.05) is 16.8 Å². The molecule has 0 radical (unpaired) electrons. The van der Waals surface area contributed by atoms with Gasteiger partial charge in [0.05, 0.1) is 12.5 Å². The number of aliphatic hydroxyl groups excluding tert-OH is 2. The molecule has 32 N–H and O–H groups in total. The number of hydrogen-bond acceptors (Lipinski definition) is 17. The van der Waals surface area contributed by atoms with Crippen molar-refractivity contribution < 1.29 is 48.6 Å². The number of rotatable bonds is 23. The van der Waals surface area contributed by atoms with Crippen molar-refractivity contribution in [3.05, 3.63) is 82.7 Å². The Morgan fingerprint density at radius 2 is 0.959 bits per heavy atom. The van der Waals surface area contributed by atoms with Gasteiger partial charge in [-0.15, -0.1) is 0 Å². The molecule has 390 valence electrons. The molecule has 1 aliphatic carbocycles. The topological polar surface area (TPSA) is 599 Å². The standard InChI is InChI=1S/C40H55N23O10/c41-23(24(42)65)53-31(68)25(58-37(43)44)55-33(70)27(60-39(47)48)57-34(71)28(61-40(49)50)56-32(69)26(59-38(45)46)54-30(67)21(14-6-2-1-3-7-14)52-35(72)36(73)62-29(66)20(13-64)19-12-17-10-15-8-4-5-9-16(15)11-18(17)22(19)63-51/h1-12,19-21,23,25-28,36,63-64,73H,13,41,51H2,(H2,42,65)(H,52,72)(H,53,68)(H,54,67)(H,55,70)(H,56,69)(H,57,71)(H,62,66)(H4,43,44,58)(H4,45,46,59)(H4,47,48,60)(H4,49,50,61). The third-order valence-electron chi connectivity index (χ3n) is 10.2. The van der Waals surface area contributed by atoms with Crippen molar-refractivity contribution in [3.8, 4) is 0 Å². The summed E-state index contributed by atoms with van der Waals surface area (Å²) >= 11 is 0.